The normalized spacial score (nSPS) is 20.6. The summed E-state index contributed by atoms with van der Waals surface area (Å²) in [6.45, 7) is 19.5. The molecule has 0 aliphatic carbocycles. The lowest BCUT2D eigenvalue weighted by atomic mass is 10.4. The maximum Gasteiger partial charge on any atom is -0.0238 e. The Bertz CT molecular complexity index is 198. The second kappa shape index (κ2) is 12.3. The number of hydrogen-bond donors (Lipinski definition) is 0. The van der Waals surface area contributed by atoms with E-state index in [0.29, 0.717) is 0 Å². The molecule has 0 aliphatic heterocycles. The second-order valence-corrected chi connectivity index (χ2v) is 13.3. The monoisotopic (exact) mass is 332 g/mol. The van der Waals surface area contributed by atoms with Crippen molar-refractivity contribution in [2.45, 2.75) is 110 Å². The SMILES string of the molecule is CCC(C)P(CCCP(C(C)CC)C(C)CC)C(C)CC. The summed E-state index contributed by atoms with van der Waals surface area (Å²) >= 11 is 0. The van der Waals surface area contributed by atoms with Crippen LogP contribution >= 0.6 is 15.8 Å². The van der Waals surface area contributed by atoms with Crippen LogP contribution in [0.4, 0.5) is 0 Å². The summed E-state index contributed by atoms with van der Waals surface area (Å²) in [5.74, 6) is 0. The van der Waals surface area contributed by atoms with E-state index in [1.807, 2.05) is 0 Å². The van der Waals surface area contributed by atoms with Crippen molar-refractivity contribution in [1.29, 1.82) is 0 Å². The van der Waals surface area contributed by atoms with E-state index in [9.17, 15) is 0 Å². The van der Waals surface area contributed by atoms with Crippen molar-refractivity contribution in [3.63, 3.8) is 0 Å². The van der Waals surface area contributed by atoms with Gasteiger partial charge >= 0.3 is 0 Å². The van der Waals surface area contributed by atoms with E-state index in [4.69, 9.17) is 0 Å². The van der Waals surface area contributed by atoms with Gasteiger partial charge in [0.1, 0.15) is 0 Å². The Hall–Kier alpha value is 0.860. The molecule has 0 radical (unpaired) electrons. The van der Waals surface area contributed by atoms with Gasteiger partial charge < -0.3 is 0 Å². The molecule has 4 unspecified atom stereocenters. The molecule has 0 saturated carbocycles. The summed E-state index contributed by atoms with van der Waals surface area (Å²) in [4.78, 5) is 0. The highest BCUT2D eigenvalue weighted by atomic mass is 31.1. The van der Waals surface area contributed by atoms with Gasteiger partial charge in [-0.25, -0.2) is 0 Å². The summed E-state index contributed by atoms with van der Waals surface area (Å²) < 4.78 is 0. The van der Waals surface area contributed by atoms with Crippen LogP contribution in [0.15, 0.2) is 0 Å². The standard InChI is InChI=1S/C19H42P2/c1-9-16(5)20(17(6)10-2)14-13-15-21(18(7)11-3)19(8)12-4/h16-19H,9-15H2,1-8H3. The van der Waals surface area contributed by atoms with E-state index in [1.54, 1.807) is 0 Å². The van der Waals surface area contributed by atoms with Crippen LogP contribution in [-0.4, -0.2) is 35.0 Å². The summed E-state index contributed by atoms with van der Waals surface area (Å²) in [5, 5.41) is 0. The molecule has 0 aliphatic rings. The van der Waals surface area contributed by atoms with Crippen molar-refractivity contribution in [2.75, 3.05) is 12.3 Å². The third-order valence-electron chi connectivity index (χ3n) is 5.46. The summed E-state index contributed by atoms with van der Waals surface area (Å²) in [6.07, 6.45) is 10.1. The largest absolute Gasteiger partial charge is 0.101 e. The van der Waals surface area contributed by atoms with Crippen molar-refractivity contribution >= 4 is 15.8 Å². The maximum absolute atomic E-state index is 2.50. The van der Waals surface area contributed by atoms with Gasteiger partial charge in [0.05, 0.1) is 0 Å². The average Bonchev–Trinajstić information content (AvgIpc) is 2.52. The van der Waals surface area contributed by atoms with Crippen LogP contribution in [0.5, 0.6) is 0 Å². The minimum absolute atomic E-state index is 0.249. The smallest absolute Gasteiger partial charge is 0.0238 e. The lowest BCUT2D eigenvalue weighted by Gasteiger charge is -2.32. The quantitative estimate of drug-likeness (QED) is 0.324. The highest BCUT2D eigenvalue weighted by molar-refractivity contribution is 7.60. The number of rotatable bonds is 12. The molecule has 0 N–H and O–H groups in total. The Morgan fingerprint density at radius 2 is 0.762 bits per heavy atom. The van der Waals surface area contributed by atoms with E-state index in [0.717, 1.165) is 22.6 Å². The first-order chi connectivity index (χ1) is 9.92. The van der Waals surface area contributed by atoms with Gasteiger partial charge in [-0.2, -0.15) is 0 Å². The van der Waals surface area contributed by atoms with Gasteiger partial charge in [0.15, 0.2) is 0 Å². The predicted octanol–water partition coefficient (Wildman–Crippen LogP) is 7.53. The summed E-state index contributed by atoms with van der Waals surface area (Å²) in [6, 6.07) is 0. The van der Waals surface area contributed by atoms with Crippen LogP contribution < -0.4 is 0 Å². The molecule has 0 fully saturated rings. The molecule has 0 aromatic heterocycles. The highest BCUT2D eigenvalue weighted by Crippen LogP contribution is 2.53. The lowest BCUT2D eigenvalue weighted by Crippen LogP contribution is -2.15. The Labute approximate surface area is 138 Å². The van der Waals surface area contributed by atoms with E-state index in [-0.39, 0.29) is 15.8 Å². The van der Waals surface area contributed by atoms with Crippen molar-refractivity contribution in [2.24, 2.45) is 0 Å². The minimum Gasteiger partial charge on any atom is -0.101 e. The average molecular weight is 332 g/mol. The third kappa shape index (κ3) is 7.79. The van der Waals surface area contributed by atoms with E-state index < -0.39 is 0 Å². The summed E-state index contributed by atoms with van der Waals surface area (Å²) in [5.41, 5.74) is 3.86. The van der Waals surface area contributed by atoms with Gasteiger partial charge in [0, 0.05) is 0 Å². The topological polar surface area (TPSA) is 0 Å². The second-order valence-electron chi connectivity index (χ2n) is 6.86. The van der Waals surface area contributed by atoms with Crippen LogP contribution in [-0.2, 0) is 0 Å². The van der Waals surface area contributed by atoms with Crippen LogP contribution in [0, 0.1) is 0 Å². The van der Waals surface area contributed by atoms with Gasteiger partial charge in [0.2, 0.25) is 0 Å². The lowest BCUT2D eigenvalue weighted by molar-refractivity contribution is 0.813. The molecule has 0 bridgehead atoms. The zero-order valence-corrected chi connectivity index (χ0v) is 17.9. The van der Waals surface area contributed by atoms with Crippen molar-refractivity contribution in [1.82, 2.24) is 0 Å². The molecule has 21 heavy (non-hydrogen) atoms. The van der Waals surface area contributed by atoms with Crippen molar-refractivity contribution in [3.05, 3.63) is 0 Å². The minimum atomic E-state index is 0.249. The van der Waals surface area contributed by atoms with Crippen molar-refractivity contribution in [3.8, 4) is 0 Å². The van der Waals surface area contributed by atoms with Gasteiger partial charge in [-0.15, -0.1) is 15.8 Å². The Morgan fingerprint density at radius 3 is 0.952 bits per heavy atom. The molecule has 0 heterocycles. The fraction of sp³-hybridized carbons (Fsp3) is 1.00. The first-order valence-electron chi connectivity index (χ1n) is 9.44. The molecule has 0 nitrogen and oxygen atoms in total. The van der Waals surface area contributed by atoms with Crippen LogP contribution in [0.2, 0.25) is 0 Å². The third-order valence-corrected chi connectivity index (χ3v) is 13.1. The van der Waals surface area contributed by atoms with Crippen LogP contribution in [0.1, 0.15) is 87.5 Å². The number of hydrogen-bond acceptors (Lipinski definition) is 0. The van der Waals surface area contributed by atoms with E-state index >= 15 is 0 Å². The van der Waals surface area contributed by atoms with Gasteiger partial charge in [-0.05, 0) is 67.1 Å². The molecule has 4 atom stereocenters. The molecule has 0 aromatic carbocycles. The molecule has 0 amide bonds. The van der Waals surface area contributed by atoms with E-state index in [1.165, 1.54) is 44.4 Å². The van der Waals surface area contributed by atoms with Crippen LogP contribution in [0.3, 0.4) is 0 Å². The molecular weight excluding hydrogens is 290 g/mol. The molecule has 128 valence electrons. The molecule has 0 saturated heterocycles. The first-order valence-corrected chi connectivity index (χ1v) is 12.8. The van der Waals surface area contributed by atoms with Gasteiger partial charge in [0.25, 0.3) is 0 Å². The van der Waals surface area contributed by atoms with Gasteiger partial charge in [-0.3, -0.25) is 0 Å². The van der Waals surface area contributed by atoms with E-state index in [2.05, 4.69) is 55.4 Å². The fourth-order valence-corrected chi connectivity index (χ4v) is 9.80. The highest BCUT2D eigenvalue weighted by Gasteiger charge is 2.23. The predicted molar refractivity (Wildman–Crippen MR) is 107 cm³/mol. The zero-order chi connectivity index (χ0) is 16.4. The molecule has 0 rings (SSSR count). The summed E-state index contributed by atoms with van der Waals surface area (Å²) in [7, 11) is 0.499. The van der Waals surface area contributed by atoms with Crippen molar-refractivity contribution < 1.29 is 0 Å². The fourth-order valence-electron chi connectivity index (χ4n) is 3.12. The Kier molecular flexibility index (Phi) is 12.8. The zero-order valence-electron chi connectivity index (χ0n) is 16.2. The Morgan fingerprint density at radius 1 is 0.524 bits per heavy atom. The van der Waals surface area contributed by atoms with Crippen LogP contribution in [0.25, 0.3) is 0 Å². The van der Waals surface area contributed by atoms with Gasteiger partial charge in [-0.1, -0.05) is 55.4 Å². The Balaban J connectivity index is 4.50. The molecule has 0 aromatic rings. The molecule has 0 spiro atoms. The molecule has 2 heteroatoms. The maximum atomic E-state index is 2.50. The molecular formula is C19H42P2. The first kappa shape index (κ1) is 21.9.